The molecule has 3 heteroatoms. The van der Waals surface area contributed by atoms with E-state index in [0.717, 1.165) is 17.8 Å². The van der Waals surface area contributed by atoms with Crippen molar-refractivity contribution in [3.05, 3.63) is 35.2 Å². The van der Waals surface area contributed by atoms with Crippen LogP contribution in [0.3, 0.4) is 0 Å². The molecule has 0 unspecified atom stereocenters. The van der Waals surface area contributed by atoms with Gasteiger partial charge in [0.15, 0.2) is 0 Å². The molecule has 1 aliphatic carbocycles. The molecule has 0 saturated heterocycles. The summed E-state index contributed by atoms with van der Waals surface area (Å²) in [5.74, 6) is 1.35. The van der Waals surface area contributed by atoms with Gasteiger partial charge >= 0.3 is 0 Å². The summed E-state index contributed by atoms with van der Waals surface area (Å²) in [5, 5.41) is 3.98. The summed E-state index contributed by atoms with van der Waals surface area (Å²) < 4.78 is 5.02. The van der Waals surface area contributed by atoms with E-state index in [2.05, 4.69) is 28.3 Å². The number of aryl methyl sites for hydroxylation is 2. The Morgan fingerprint density at radius 1 is 1.27 bits per heavy atom. The van der Waals surface area contributed by atoms with Crippen LogP contribution in [0.4, 0.5) is 0 Å². The molecule has 0 aliphatic heterocycles. The quantitative estimate of drug-likeness (QED) is 0.710. The van der Waals surface area contributed by atoms with Gasteiger partial charge in [-0.3, -0.25) is 0 Å². The number of benzene rings is 1. The SMILES string of the molecule is Cc1nc(-c2cccc3c2CCC3)no1. The van der Waals surface area contributed by atoms with E-state index < -0.39 is 0 Å². The van der Waals surface area contributed by atoms with Crippen molar-refractivity contribution in [1.29, 1.82) is 0 Å². The summed E-state index contributed by atoms with van der Waals surface area (Å²) in [6.07, 6.45) is 3.56. The molecule has 2 aromatic rings. The van der Waals surface area contributed by atoms with Gasteiger partial charge in [-0.2, -0.15) is 4.98 Å². The van der Waals surface area contributed by atoms with Gasteiger partial charge in [0, 0.05) is 12.5 Å². The Labute approximate surface area is 88.1 Å². The van der Waals surface area contributed by atoms with E-state index in [9.17, 15) is 0 Å². The van der Waals surface area contributed by atoms with Crippen molar-refractivity contribution in [2.75, 3.05) is 0 Å². The van der Waals surface area contributed by atoms with Crippen LogP contribution in [0.2, 0.25) is 0 Å². The summed E-state index contributed by atoms with van der Waals surface area (Å²) in [6, 6.07) is 6.35. The number of hydrogen-bond donors (Lipinski definition) is 0. The second-order valence-electron chi connectivity index (χ2n) is 3.93. The molecule has 15 heavy (non-hydrogen) atoms. The maximum absolute atomic E-state index is 5.02. The summed E-state index contributed by atoms with van der Waals surface area (Å²) in [5.41, 5.74) is 3.98. The van der Waals surface area contributed by atoms with Crippen LogP contribution in [0.15, 0.2) is 22.7 Å². The van der Waals surface area contributed by atoms with Crippen LogP contribution in [0.25, 0.3) is 11.4 Å². The molecule has 0 bridgehead atoms. The van der Waals surface area contributed by atoms with Crippen molar-refractivity contribution in [3.8, 4) is 11.4 Å². The monoisotopic (exact) mass is 200 g/mol. The van der Waals surface area contributed by atoms with Crippen molar-refractivity contribution < 1.29 is 4.52 Å². The molecule has 0 spiro atoms. The minimum Gasteiger partial charge on any atom is -0.339 e. The van der Waals surface area contributed by atoms with Gasteiger partial charge in [-0.05, 0) is 30.4 Å². The van der Waals surface area contributed by atoms with E-state index in [1.807, 2.05) is 6.92 Å². The van der Waals surface area contributed by atoms with E-state index in [1.54, 1.807) is 0 Å². The third-order valence-electron chi connectivity index (χ3n) is 2.91. The minimum atomic E-state index is 0.626. The zero-order valence-corrected chi connectivity index (χ0v) is 8.66. The van der Waals surface area contributed by atoms with Gasteiger partial charge in [-0.15, -0.1) is 0 Å². The van der Waals surface area contributed by atoms with E-state index in [1.165, 1.54) is 24.0 Å². The lowest BCUT2D eigenvalue weighted by Crippen LogP contribution is -1.89. The molecule has 0 N–H and O–H groups in total. The zero-order chi connectivity index (χ0) is 10.3. The number of fused-ring (bicyclic) bond motifs is 1. The van der Waals surface area contributed by atoms with Crippen LogP contribution in [0.5, 0.6) is 0 Å². The molecule has 1 aliphatic rings. The highest BCUT2D eigenvalue weighted by atomic mass is 16.5. The van der Waals surface area contributed by atoms with Crippen molar-refractivity contribution in [2.24, 2.45) is 0 Å². The summed E-state index contributed by atoms with van der Waals surface area (Å²) in [4.78, 5) is 4.28. The lowest BCUT2D eigenvalue weighted by Gasteiger charge is -2.03. The molecule has 1 aromatic heterocycles. The van der Waals surface area contributed by atoms with Crippen molar-refractivity contribution in [2.45, 2.75) is 26.2 Å². The Morgan fingerprint density at radius 3 is 3.00 bits per heavy atom. The smallest absolute Gasteiger partial charge is 0.223 e. The Kier molecular flexibility index (Phi) is 1.84. The van der Waals surface area contributed by atoms with Crippen LogP contribution < -0.4 is 0 Å². The maximum atomic E-state index is 5.02. The highest BCUT2D eigenvalue weighted by Crippen LogP contribution is 2.30. The molecular weight excluding hydrogens is 188 g/mol. The molecular formula is C12H12N2O. The van der Waals surface area contributed by atoms with Gasteiger partial charge in [0.25, 0.3) is 0 Å². The maximum Gasteiger partial charge on any atom is 0.223 e. The number of nitrogens with zero attached hydrogens (tertiary/aromatic N) is 2. The molecule has 1 aromatic carbocycles. The highest BCUT2D eigenvalue weighted by Gasteiger charge is 2.17. The summed E-state index contributed by atoms with van der Waals surface area (Å²) in [6.45, 7) is 1.82. The molecule has 76 valence electrons. The second kappa shape index (κ2) is 3.19. The predicted octanol–water partition coefficient (Wildman–Crippen LogP) is 2.53. The Morgan fingerprint density at radius 2 is 2.20 bits per heavy atom. The van der Waals surface area contributed by atoms with Gasteiger partial charge in [0.2, 0.25) is 11.7 Å². The fraction of sp³-hybridized carbons (Fsp3) is 0.333. The lowest BCUT2D eigenvalue weighted by molar-refractivity contribution is 0.394. The first-order chi connectivity index (χ1) is 7.34. The predicted molar refractivity (Wildman–Crippen MR) is 56.5 cm³/mol. The number of rotatable bonds is 1. The van der Waals surface area contributed by atoms with Crippen molar-refractivity contribution in [1.82, 2.24) is 10.1 Å². The third-order valence-corrected chi connectivity index (χ3v) is 2.91. The average molecular weight is 200 g/mol. The Hall–Kier alpha value is -1.64. The van der Waals surface area contributed by atoms with Gasteiger partial charge in [-0.1, -0.05) is 23.4 Å². The second-order valence-corrected chi connectivity index (χ2v) is 3.93. The summed E-state index contributed by atoms with van der Waals surface area (Å²) >= 11 is 0. The normalized spacial score (nSPS) is 14.2. The molecule has 3 rings (SSSR count). The summed E-state index contributed by atoms with van der Waals surface area (Å²) in [7, 11) is 0. The van der Waals surface area contributed by atoms with E-state index in [0.29, 0.717) is 5.89 Å². The molecule has 3 nitrogen and oxygen atoms in total. The molecule has 0 radical (unpaired) electrons. The van der Waals surface area contributed by atoms with E-state index >= 15 is 0 Å². The fourth-order valence-corrected chi connectivity index (χ4v) is 2.24. The largest absolute Gasteiger partial charge is 0.339 e. The molecule has 0 atom stereocenters. The van der Waals surface area contributed by atoms with Crippen LogP contribution in [-0.4, -0.2) is 10.1 Å². The van der Waals surface area contributed by atoms with Gasteiger partial charge in [0.05, 0.1) is 0 Å². The van der Waals surface area contributed by atoms with Crippen LogP contribution in [-0.2, 0) is 12.8 Å². The highest BCUT2D eigenvalue weighted by molar-refractivity contribution is 5.63. The van der Waals surface area contributed by atoms with Gasteiger partial charge in [0.1, 0.15) is 0 Å². The lowest BCUT2D eigenvalue weighted by atomic mass is 10.0. The van der Waals surface area contributed by atoms with Gasteiger partial charge < -0.3 is 4.52 Å². The molecule has 0 amide bonds. The van der Waals surface area contributed by atoms with Crippen LogP contribution >= 0.6 is 0 Å². The van der Waals surface area contributed by atoms with Crippen LogP contribution in [0, 0.1) is 6.92 Å². The average Bonchev–Trinajstić information content (AvgIpc) is 2.84. The Bertz CT molecular complexity index is 502. The van der Waals surface area contributed by atoms with Crippen molar-refractivity contribution in [3.63, 3.8) is 0 Å². The first kappa shape index (κ1) is 8.65. The zero-order valence-electron chi connectivity index (χ0n) is 8.66. The first-order valence-electron chi connectivity index (χ1n) is 5.26. The fourth-order valence-electron chi connectivity index (χ4n) is 2.24. The third kappa shape index (κ3) is 1.35. The molecule has 0 saturated carbocycles. The topological polar surface area (TPSA) is 38.9 Å². The Balaban J connectivity index is 2.16. The number of aromatic nitrogens is 2. The first-order valence-corrected chi connectivity index (χ1v) is 5.26. The molecule has 0 fully saturated rings. The number of hydrogen-bond acceptors (Lipinski definition) is 3. The standard InChI is InChI=1S/C12H12N2O/c1-8-13-12(14-15-8)11-7-3-5-9-4-2-6-10(9)11/h3,5,7H,2,4,6H2,1H3. The molecule has 1 heterocycles. The van der Waals surface area contributed by atoms with Crippen molar-refractivity contribution >= 4 is 0 Å². The van der Waals surface area contributed by atoms with E-state index in [-0.39, 0.29) is 0 Å². The minimum absolute atomic E-state index is 0.626. The van der Waals surface area contributed by atoms with Gasteiger partial charge in [-0.25, -0.2) is 0 Å². The van der Waals surface area contributed by atoms with Crippen LogP contribution in [0.1, 0.15) is 23.4 Å². The van der Waals surface area contributed by atoms with E-state index in [4.69, 9.17) is 4.52 Å².